The zero-order chi connectivity index (χ0) is 16.5. The van der Waals surface area contributed by atoms with Gasteiger partial charge in [-0.1, -0.05) is 0 Å². The molecule has 0 amide bonds. The molecule has 2 aromatic rings. The first-order valence-corrected chi connectivity index (χ1v) is 9.72. The first-order valence-electron chi connectivity index (χ1n) is 7.84. The highest BCUT2D eigenvalue weighted by Crippen LogP contribution is 2.47. The third-order valence-corrected chi connectivity index (χ3v) is 5.87. The van der Waals surface area contributed by atoms with E-state index in [0.717, 1.165) is 30.6 Å². The van der Waals surface area contributed by atoms with Crippen molar-refractivity contribution in [1.82, 2.24) is 0 Å². The lowest BCUT2D eigenvalue weighted by atomic mass is 9.77. The molecule has 0 fully saturated rings. The fourth-order valence-corrected chi connectivity index (χ4v) is 4.72. The van der Waals surface area contributed by atoms with Crippen LogP contribution in [-0.2, 0) is 4.74 Å². The third-order valence-electron chi connectivity index (χ3n) is 4.47. The summed E-state index contributed by atoms with van der Waals surface area (Å²) in [6.07, 6.45) is 5.16. The number of thiophene rings is 2. The van der Waals surface area contributed by atoms with E-state index in [9.17, 15) is 5.26 Å². The standard InChI is InChI=1S/C19H16N2OS2/c20-9-16-17(14-5-7-24-11-14)15-3-1-2-13(18(15)22-19(16)21)8-12-4-6-23-10-12/h4-8,10-11,17H,1-3,21H2/b13-8+/t17-/m1/s1. The number of rotatable bonds is 2. The molecule has 3 heterocycles. The van der Waals surface area contributed by atoms with Gasteiger partial charge in [-0.15, -0.1) is 0 Å². The lowest BCUT2D eigenvalue weighted by Gasteiger charge is -2.32. The molecule has 1 atom stereocenters. The quantitative estimate of drug-likeness (QED) is 0.814. The maximum atomic E-state index is 9.59. The SMILES string of the molecule is N#CC1=C(N)OC2=C(CCC/C2=C\c2ccsc2)[C@H]1c1ccsc1. The van der Waals surface area contributed by atoms with Gasteiger partial charge in [0.25, 0.3) is 0 Å². The van der Waals surface area contributed by atoms with Crippen molar-refractivity contribution < 1.29 is 4.74 Å². The van der Waals surface area contributed by atoms with E-state index >= 15 is 0 Å². The van der Waals surface area contributed by atoms with Crippen LogP contribution in [0.5, 0.6) is 0 Å². The lowest BCUT2D eigenvalue weighted by molar-refractivity contribution is 0.277. The maximum Gasteiger partial charge on any atom is 0.205 e. The number of hydrogen-bond acceptors (Lipinski definition) is 5. The largest absolute Gasteiger partial charge is 0.440 e. The minimum Gasteiger partial charge on any atom is -0.440 e. The van der Waals surface area contributed by atoms with Gasteiger partial charge in [-0.05, 0) is 81.3 Å². The first-order chi connectivity index (χ1) is 11.8. The lowest BCUT2D eigenvalue weighted by Crippen LogP contribution is -2.23. The van der Waals surface area contributed by atoms with Crippen molar-refractivity contribution >= 4 is 28.7 Å². The smallest absolute Gasteiger partial charge is 0.205 e. The summed E-state index contributed by atoms with van der Waals surface area (Å²) in [5.41, 5.74) is 11.3. The molecule has 4 rings (SSSR count). The zero-order valence-electron chi connectivity index (χ0n) is 13.0. The Morgan fingerprint density at radius 3 is 2.75 bits per heavy atom. The van der Waals surface area contributed by atoms with Crippen LogP contribution in [0.1, 0.15) is 36.3 Å². The Morgan fingerprint density at radius 1 is 1.21 bits per heavy atom. The van der Waals surface area contributed by atoms with Crippen LogP contribution in [0.3, 0.4) is 0 Å². The van der Waals surface area contributed by atoms with Gasteiger partial charge in [0.15, 0.2) is 0 Å². The van der Waals surface area contributed by atoms with Crippen molar-refractivity contribution in [1.29, 1.82) is 5.26 Å². The van der Waals surface area contributed by atoms with Crippen LogP contribution in [0, 0.1) is 11.3 Å². The van der Waals surface area contributed by atoms with Gasteiger partial charge in [-0.2, -0.15) is 27.9 Å². The summed E-state index contributed by atoms with van der Waals surface area (Å²) in [5, 5.41) is 17.9. The topological polar surface area (TPSA) is 59.0 Å². The Labute approximate surface area is 149 Å². The summed E-state index contributed by atoms with van der Waals surface area (Å²) >= 11 is 3.32. The highest BCUT2D eigenvalue weighted by atomic mass is 32.1. The van der Waals surface area contributed by atoms with Crippen molar-refractivity contribution in [3.8, 4) is 6.07 Å². The molecule has 2 N–H and O–H groups in total. The molecule has 0 spiro atoms. The summed E-state index contributed by atoms with van der Waals surface area (Å²) in [7, 11) is 0. The molecule has 120 valence electrons. The average Bonchev–Trinajstić information content (AvgIpc) is 3.28. The molecule has 0 bridgehead atoms. The minimum atomic E-state index is -0.0730. The van der Waals surface area contributed by atoms with Gasteiger partial charge < -0.3 is 10.5 Å². The number of ether oxygens (including phenoxy) is 1. The molecule has 3 nitrogen and oxygen atoms in total. The molecule has 0 saturated heterocycles. The van der Waals surface area contributed by atoms with Crippen LogP contribution in [-0.4, -0.2) is 0 Å². The van der Waals surface area contributed by atoms with E-state index in [0.29, 0.717) is 5.57 Å². The molecule has 0 aromatic carbocycles. The summed E-state index contributed by atoms with van der Waals surface area (Å²) in [6, 6.07) is 6.45. The molecule has 2 aliphatic rings. The van der Waals surface area contributed by atoms with Crippen LogP contribution in [0.15, 0.2) is 62.0 Å². The van der Waals surface area contributed by atoms with E-state index in [1.807, 2.05) is 5.38 Å². The van der Waals surface area contributed by atoms with Gasteiger partial charge in [-0.25, -0.2) is 0 Å². The molecule has 0 saturated carbocycles. The predicted molar refractivity (Wildman–Crippen MR) is 98.1 cm³/mol. The van der Waals surface area contributed by atoms with E-state index in [1.54, 1.807) is 22.7 Å². The number of nitrogens with zero attached hydrogens (tertiary/aromatic N) is 1. The van der Waals surface area contributed by atoms with E-state index < -0.39 is 0 Å². The van der Waals surface area contributed by atoms with Gasteiger partial charge in [0.05, 0.1) is 5.92 Å². The number of nitriles is 1. The minimum absolute atomic E-state index is 0.0730. The van der Waals surface area contributed by atoms with Crippen LogP contribution in [0.2, 0.25) is 0 Å². The van der Waals surface area contributed by atoms with Crippen molar-refractivity contribution in [3.05, 3.63) is 73.1 Å². The Morgan fingerprint density at radius 2 is 2.04 bits per heavy atom. The van der Waals surface area contributed by atoms with Crippen molar-refractivity contribution in [3.63, 3.8) is 0 Å². The Balaban J connectivity index is 1.84. The van der Waals surface area contributed by atoms with Crippen LogP contribution in [0.25, 0.3) is 6.08 Å². The highest BCUT2D eigenvalue weighted by Gasteiger charge is 2.35. The van der Waals surface area contributed by atoms with Crippen LogP contribution >= 0.6 is 22.7 Å². The fourth-order valence-electron chi connectivity index (χ4n) is 3.41. The van der Waals surface area contributed by atoms with E-state index in [1.165, 1.54) is 16.7 Å². The van der Waals surface area contributed by atoms with Crippen molar-refractivity contribution in [2.75, 3.05) is 0 Å². The van der Waals surface area contributed by atoms with E-state index in [2.05, 4.69) is 40.4 Å². The average molecular weight is 352 g/mol. The molecular weight excluding hydrogens is 336 g/mol. The molecule has 1 aliphatic carbocycles. The monoisotopic (exact) mass is 352 g/mol. The van der Waals surface area contributed by atoms with Gasteiger partial charge in [0.1, 0.15) is 17.4 Å². The molecule has 1 aliphatic heterocycles. The number of allylic oxidation sites excluding steroid dienone is 3. The van der Waals surface area contributed by atoms with Gasteiger partial charge in [0.2, 0.25) is 5.88 Å². The second-order valence-electron chi connectivity index (χ2n) is 5.92. The molecule has 2 aromatic heterocycles. The van der Waals surface area contributed by atoms with Gasteiger partial charge >= 0.3 is 0 Å². The maximum absolute atomic E-state index is 9.59. The zero-order valence-corrected chi connectivity index (χ0v) is 14.6. The number of nitrogens with two attached hydrogens (primary N) is 1. The van der Waals surface area contributed by atoms with Crippen molar-refractivity contribution in [2.24, 2.45) is 5.73 Å². The van der Waals surface area contributed by atoms with Crippen LogP contribution in [0.4, 0.5) is 0 Å². The fraction of sp³-hybridized carbons (Fsp3) is 0.211. The third kappa shape index (κ3) is 2.58. The Bertz CT molecular complexity index is 880. The Hall–Kier alpha value is -2.29. The number of hydrogen-bond donors (Lipinski definition) is 1. The molecule has 24 heavy (non-hydrogen) atoms. The van der Waals surface area contributed by atoms with E-state index in [-0.39, 0.29) is 11.8 Å². The molecule has 0 radical (unpaired) electrons. The summed E-state index contributed by atoms with van der Waals surface area (Å²) in [6.45, 7) is 0. The summed E-state index contributed by atoms with van der Waals surface area (Å²) in [4.78, 5) is 0. The summed E-state index contributed by atoms with van der Waals surface area (Å²) < 4.78 is 5.94. The van der Waals surface area contributed by atoms with E-state index in [4.69, 9.17) is 10.5 Å². The Kier molecular flexibility index (Phi) is 4.01. The molecule has 5 heteroatoms. The normalized spacial score (nSPS) is 22.3. The first kappa shape index (κ1) is 15.3. The van der Waals surface area contributed by atoms with Crippen LogP contribution < -0.4 is 5.73 Å². The van der Waals surface area contributed by atoms with Crippen molar-refractivity contribution in [2.45, 2.75) is 25.2 Å². The second-order valence-corrected chi connectivity index (χ2v) is 7.48. The highest BCUT2D eigenvalue weighted by molar-refractivity contribution is 7.08. The predicted octanol–water partition coefficient (Wildman–Crippen LogP) is 5.14. The van der Waals surface area contributed by atoms with Gasteiger partial charge in [-0.3, -0.25) is 0 Å². The molecular formula is C19H16N2OS2. The second kappa shape index (κ2) is 6.31. The van der Waals surface area contributed by atoms with Gasteiger partial charge in [0, 0.05) is 0 Å². The molecule has 0 unspecified atom stereocenters. The summed E-state index contributed by atoms with van der Waals surface area (Å²) in [5.74, 6) is 1.04.